The summed E-state index contributed by atoms with van der Waals surface area (Å²) in [5.74, 6) is 0.603. The number of sulfonamides is 1. The number of rotatable bonds is 11. The summed E-state index contributed by atoms with van der Waals surface area (Å²) >= 11 is 0. The predicted octanol–water partition coefficient (Wildman–Crippen LogP) is 4.58. The van der Waals surface area contributed by atoms with E-state index in [0.717, 1.165) is 5.41 Å². The molecule has 10 nitrogen and oxygen atoms in total. The lowest BCUT2D eigenvalue weighted by Gasteiger charge is -2.15. The van der Waals surface area contributed by atoms with Crippen LogP contribution >= 0.6 is 0 Å². The third-order valence-corrected chi connectivity index (χ3v) is 6.03. The molecule has 0 radical (unpaired) electrons. The number of hydrogen-bond acceptors (Lipinski definition) is 8. The largest absolute Gasteiger partial charge is 0.497 e. The van der Waals surface area contributed by atoms with Crippen molar-refractivity contribution in [2.24, 2.45) is 0 Å². The van der Waals surface area contributed by atoms with E-state index in [1.807, 2.05) is 0 Å². The maximum atomic E-state index is 13.0. The Morgan fingerprint density at radius 3 is 2.08 bits per heavy atom. The van der Waals surface area contributed by atoms with Gasteiger partial charge in [0.25, 0.3) is 10.0 Å². The molecule has 0 atom stereocenters. The predicted molar refractivity (Wildman–Crippen MR) is 137 cm³/mol. The number of methoxy groups -OCH3 is 4. The van der Waals surface area contributed by atoms with E-state index in [1.165, 1.54) is 52.7 Å². The fourth-order valence-corrected chi connectivity index (χ4v) is 4.14. The molecule has 0 fully saturated rings. The van der Waals surface area contributed by atoms with Crippen molar-refractivity contribution in [3.05, 3.63) is 71.1 Å². The fraction of sp³-hybridized carbons (Fsp3) is 0.160. The van der Waals surface area contributed by atoms with E-state index >= 15 is 0 Å². The first-order valence-corrected chi connectivity index (χ1v) is 12.0. The molecule has 0 spiro atoms. The average Bonchev–Trinajstić information content (AvgIpc) is 2.87. The number of carbonyl (C=O) groups is 1. The molecule has 36 heavy (non-hydrogen) atoms. The molecule has 0 aromatic heterocycles. The molecule has 3 aromatic carbocycles. The van der Waals surface area contributed by atoms with Crippen LogP contribution in [0, 0.1) is 0 Å². The van der Waals surface area contributed by atoms with Crippen molar-refractivity contribution in [3.8, 4) is 23.0 Å². The van der Waals surface area contributed by atoms with Crippen LogP contribution in [-0.4, -0.2) is 47.9 Å². The maximum absolute atomic E-state index is 13.0. The van der Waals surface area contributed by atoms with Crippen LogP contribution in [0.5, 0.6) is 23.0 Å². The van der Waals surface area contributed by atoms with E-state index in [2.05, 4.69) is 10.0 Å². The number of hydrogen-bond donors (Lipinski definition) is 3. The minimum atomic E-state index is -4.00. The van der Waals surface area contributed by atoms with Crippen molar-refractivity contribution in [1.82, 2.24) is 0 Å². The van der Waals surface area contributed by atoms with Gasteiger partial charge in [0, 0.05) is 23.9 Å². The summed E-state index contributed by atoms with van der Waals surface area (Å²) in [4.78, 5) is 11.3. The molecule has 0 aliphatic heterocycles. The first-order valence-electron chi connectivity index (χ1n) is 10.5. The molecule has 3 rings (SSSR count). The maximum Gasteiger partial charge on any atom is 0.335 e. The van der Waals surface area contributed by atoms with Crippen molar-refractivity contribution < 1.29 is 37.3 Å². The van der Waals surface area contributed by atoms with Crippen LogP contribution in [0.15, 0.2) is 60.0 Å². The Bertz CT molecular complexity index is 1360. The van der Waals surface area contributed by atoms with Crippen molar-refractivity contribution in [3.63, 3.8) is 0 Å². The quantitative estimate of drug-likeness (QED) is 0.336. The van der Waals surface area contributed by atoms with Crippen molar-refractivity contribution in [1.29, 1.82) is 0 Å². The highest BCUT2D eigenvalue weighted by Crippen LogP contribution is 2.36. The van der Waals surface area contributed by atoms with Crippen LogP contribution in [0.3, 0.4) is 0 Å². The van der Waals surface area contributed by atoms with E-state index in [9.17, 15) is 18.3 Å². The molecule has 0 bridgehead atoms. The Hall–Kier alpha value is -4.38. The van der Waals surface area contributed by atoms with Gasteiger partial charge in [-0.05, 0) is 36.4 Å². The van der Waals surface area contributed by atoms with E-state index in [0.29, 0.717) is 39.9 Å². The Balaban J connectivity index is 1.94. The monoisotopic (exact) mass is 514 g/mol. The molecule has 0 saturated carbocycles. The van der Waals surface area contributed by atoms with Gasteiger partial charge in [0.2, 0.25) is 0 Å². The highest BCUT2D eigenvalue weighted by Gasteiger charge is 2.15. The van der Waals surface area contributed by atoms with Crippen molar-refractivity contribution in [2.75, 3.05) is 38.5 Å². The normalized spacial score (nSPS) is 11.1. The summed E-state index contributed by atoms with van der Waals surface area (Å²) in [6.45, 7) is 0. The highest BCUT2D eigenvalue weighted by atomic mass is 32.2. The summed E-state index contributed by atoms with van der Waals surface area (Å²) < 4.78 is 49.6. The first kappa shape index (κ1) is 26.2. The molecule has 0 heterocycles. The van der Waals surface area contributed by atoms with Gasteiger partial charge in [0.05, 0.1) is 56.3 Å². The Morgan fingerprint density at radius 2 is 1.50 bits per heavy atom. The number of nitrogens with one attached hydrogen (secondary N) is 2. The number of benzene rings is 3. The molecule has 0 amide bonds. The third-order valence-electron chi connectivity index (χ3n) is 5.03. The number of carboxylic acids is 1. The van der Waals surface area contributed by atoms with Crippen molar-refractivity contribution in [2.45, 2.75) is 0 Å². The molecular formula is C25H26N2O8S. The lowest BCUT2D eigenvalue weighted by molar-refractivity contribution is 0.0697. The Kier molecular flexibility index (Phi) is 8.28. The Morgan fingerprint density at radius 1 is 0.833 bits per heavy atom. The average molecular weight is 515 g/mol. The Labute approximate surface area is 209 Å². The lowest BCUT2D eigenvalue weighted by Crippen LogP contribution is -2.11. The summed E-state index contributed by atoms with van der Waals surface area (Å²) in [6.07, 6.45) is 1.35. The first-order chi connectivity index (χ1) is 17.2. The molecule has 0 unspecified atom stereocenters. The van der Waals surface area contributed by atoms with E-state index in [1.54, 1.807) is 36.4 Å². The smallest absolute Gasteiger partial charge is 0.335 e. The highest BCUT2D eigenvalue weighted by molar-refractivity contribution is 7.95. The fourth-order valence-electron chi connectivity index (χ4n) is 3.27. The molecule has 3 aromatic rings. The molecular weight excluding hydrogens is 488 g/mol. The summed E-state index contributed by atoms with van der Waals surface area (Å²) in [5, 5.41) is 13.3. The lowest BCUT2D eigenvalue weighted by atomic mass is 10.1. The van der Waals surface area contributed by atoms with Gasteiger partial charge in [-0.25, -0.2) is 13.2 Å². The molecule has 0 aliphatic carbocycles. The third kappa shape index (κ3) is 6.39. The van der Waals surface area contributed by atoms with Crippen LogP contribution in [0.4, 0.5) is 17.1 Å². The van der Waals surface area contributed by atoms with E-state index in [4.69, 9.17) is 18.9 Å². The number of aromatic carboxylic acids is 1. The van der Waals surface area contributed by atoms with Crippen LogP contribution < -0.4 is 29.0 Å². The van der Waals surface area contributed by atoms with Crippen LogP contribution in [-0.2, 0) is 10.0 Å². The summed E-state index contributed by atoms with van der Waals surface area (Å²) in [6, 6.07) is 14.1. The van der Waals surface area contributed by atoms with Crippen LogP contribution in [0.1, 0.15) is 15.9 Å². The molecule has 190 valence electrons. The van der Waals surface area contributed by atoms with E-state index < -0.39 is 16.0 Å². The van der Waals surface area contributed by atoms with E-state index in [-0.39, 0.29) is 11.3 Å². The molecule has 3 N–H and O–H groups in total. The minimum Gasteiger partial charge on any atom is -0.497 e. The summed E-state index contributed by atoms with van der Waals surface area (Å²) in [7, 11) is 1.88. The number of ether oxygens (including phenoxy) is 4. The summed E-state index contributed by atoms with van der Waals surface area (Å²) in [5.41, 5.74) is 1.51. The van der Waals surface area contributed by atoms with Crippen LogP contribution in [0.2, 0.25) is 0 Å². The second kappa shape index (κ2) is 11.4. The van der Waals surface area contributed by atoms with Gasteiger partial charge in [0.1, 0.15) is 23.0 Å². The number of anilines is 3. The molecule has 0 saturated heterocycles. The molecule has 11 heteroatoms. The number of carboxylic acid groups (broad SMARTS) is 1. The van der Waals surface area contributed by atoms with Gasteiger partial charge < -0.3 is 29.4 Å². The SMILES string of the molecule is COc1ccc(NS(=O)(=O)/C=C/c2c(OC)cc(OC)cc2OC)c(Nc2cccc(C(=O)O)c2)c1. The standard InChI is InChI=1S/C25H26N2O8S/c1-32-18-8-9-21(22(13-18)26-17-7-5-6-16(12-17)25(28)29)27-36(30,31)11-10-20-23(34-3)14-19(33-2)15-24(20)35-4/h5-15,26-27H,1-4H3,(H,28,29)/b11-10+. The van der Waals surface area contributed by atoms with Gasteiger partial charge in [-0.3, -0.25) is 4.72 Å². The van der Waals surface area contributed by atoms with Gasteiger partial charge in [-0.2, -0.15) is 0 Å². The van der Waals surface area contributed by atoms with Crippen molar-refractivity contribution >= 4 is 39.1 Å². The minimum absolute atomic E-state index is 0.0790. The van der Waals surface area contributed by atoms with Gasteiger partial charge in [-0.15, -0.1) is 0 Å². The second-order valence-corrected chi connectivity index (χ2v) is 8.88. The van der Waals surface area contributed by atoms with Gasteiger partial charge in [0.15, 0.2) is 0 Å². The zero-order valence-electron chi connectivity index (χ0n) is 20.1. The van der Waals surface area contributed by atoms with Gasteiger partial charge in [-0.1, -0.05) is 6.07 Å². The van der Waals surface area contributed by atoms with Crippen LogP contribution in [0.25, 0.3) is 6.08 Å². The second-order valence-electron chi connectivity index (χ2n) is 7.32. The topological polar surface area (TPSA) is 132 Å². The zero-order valence-corrected chi connectivity index (χ0v) is 20.9. The van der Waals surface area contributed by atoms with Gasteiger partial charge >= 0.3 is 5.97 Å². The zero-order chi connectivity index (χ0) is 26.3. The molecule has 0 aliphatic rings.